The second-order valence-electron chi connectivity index (χ2n) is 9.15. The summed E-state index contributed by atoms with van der Waals surface area (Å²) in [5.74, 6) is 0.319. The molecule has 0 aromatic heterocycles. The van der Waals surface area contributed by atoms with Gasteiger partial charge in [-0.05, 0) is 74.6 Å². The summed E-state index contributed by atoms with van der Waals surface area (Å²) in [6, 6.07) is 12.6. The number of amides is 1. The first-order valence-corrected chi connectivity index (χ1v) is 11.7. The zero-order valence-electron chi connectivity index (χ0n) is 17.7. The van der Waals surface area contributed by atoms with Crippen LogP contribution in [-0.4, -0.2) is 25.2 Å². The largest absolute Gasteiger partial charge is 0.465 e. The van der Waals surface area contributed by atoms with E-state index in [1.807, 2.05) is 45.0 Å². The van der Waals surface area contributed by atoms with Crippen molar-refractivity contribution in [1.82, 2.24) is 0 Å². The van der Waals surface area contributed by atoms with E-state index in [2.05, 4.69) is 17.5 Å². The van der Waals surface area contributed by atoms with Crippen LogP contribution in [0.1, 0.15) is 50.3 Å². The maximum atomic E-state index is 11.8. The fourth-order valence-corrected chi connectivity index (χ4v) is 5.24. The second-order valence-corrected chi connectivity index (χ2v) is 10.7. The van der Waals surface area contributed by atoms with Gasteiger partial charge in [0.15, 0.2) is 0 Å². The van der Waals surface area contributed by atoms with E-state index in [0.29, 0.717) is 5.69 Å². The standard InChI is InChI=1S/C23H27N3O4S/c1-23(2,3)26(22(27)28)15-9-7-14(8-10-15)21-18-6-4-5-17(18)19-13-16(31(24,29)30)11-12-20(19)25-21/h4-5,7-13,17-18,21,25H,6H2,1-3H3,(H,27,28)(H2,24,29,30)/t17-,18+,21+/m0/s1. The fraction of sp³-hybridized carbons (Fsp3) is 0.348. The van der Waals surface area contributed by atoms with Crippen LogP contribution in [0.5, 0.6) is 0 Å². The normalized spacial score (nSPS) is 22.4. The summed E-state index contributed by atoms with van der Waals surface area (Å²) in [4.78, 5) is 13.2. The summed E-state index contributed by atoms with van der Waals surface area (Å²) >= 11 is 0. The minimum Gasteiger partial charge on any atom is -0.465 e. The van der Waals surface area contributed by atoms with E-state index >= 15 is 0 Å². The highest BCUT2D eigenvalue weighted by atomic mass is 32.2. The average molecular weight is 442 g/mol. The lowest BCUT2D eigenvalue weighted by Gasteiger charge is -2.38. The Kier molecular flexibility index (Phi) is 5.10. The van der Waals surface area contributed by atoms with Crippen molar-refractivity contribution < 1.29 is 18.3 Å². The van der Waals surface area contributed by atoms with E-state index in [-0.39, 0.29) is 22.8 Å². The molecule has 0 unspecified atom stereocenters. The molecule has 4 rings (SSSR count). The zero-order chi connectivity index (χ0) is 22.6. The summed E-state index contributed by atoms with van der Waals surface area (Å²) < 4.78 is 23.6. The predicted molar refractivity (Wildman–Crippen MR) is 121 cm³/mol. The molecule has 164 valence electrons. The third kappa shape index (κ3) is 3.93. The minimum atomic E-state index is -3.77. The van der Waals surface area contributed by atoms with Gasteiger partial charge in [-0.25, -0.2) is 18.4 Å². The smallest absolute Gasteiger partial charge is 0.412 e. The van der Waals surface area contributed by atoms with Crippen molar-refractivity contribution in [3.05, 3.63) is 65.7 Å². The number of nitrogens with zero attached hydrogens (tertiary/aromatic N) is 1. The average Bonchev–Trinajstić information content (AvgIpc) is 3.15. The molecular weight excluding hydrogens is 414 g/mol. The predicted octanol–water partition coefficient (Wildman–Crippen LogP) is 4.44. The Bertz CT molecular complexity index is 1150. The summed E-state index contributed by atoms with van der Waals surface area (Å²) in [5.41, 5.74) is 2.94. The van der Waals surface area contributed by atoms with Gasteiger partial charge in [0, 0.05) is 22.8 Å². The number of benzene rings is 2. The molecule has 1 aliphatic carbocycles. The Morgan fingerprint density at radius 3 is 2.42 bits per heavy atom. The number of carboxylic acid groups (broad SMARTS) is 1. The third-order valence-electron chi connectivity index (χ3n) is 6.04. The van der Waals surface area contributed by atoms with Crippen LogP contribution < -0.4 is 15.4 Å². The fourth-order valence-electron chi connectivity index (χ4n) is 4.69. The number of allylic oxidation sites excluding steroid dienone is 2. The number of sulfonamides is 1. The monoisotopic (exact) mass is 441 g/mol. The van der Waals surface area contributed by atoms with Crippen molar-refractivity contribution in [3.63, 3.8) is 0 Å². The molecule has 0 fully saturated rings. The molecule has 4 N–H and O–H groups in total. The van der Waals surface area contributed by atoms with Gasteiger partial charge in [-0.2, -0.15) is 0 Å². The minimum absolute atomic E-state index is 0.0230. The van der Waals surface area contributed by atoms with E-state index in [0.717, 1.165) is 23.2 Å². The highest BCUT2D eigenvalue weighted by molar-refractivity contribution is 7.89. The van der Waals surface area contributed by atoms with Crippen LogP contribution >= 0.6 is 0 Å². The topological polar surface area (TPSA) is 113 Å². The number of nitrogens with two attached hydrogens (primary N) is 1. The van der Waals surface area contributed by atoms with Gasteiger partial charge in [-0.3, -0.25) is 4.90 Å². The molecule has 0 radical (unpaired) electrons. The van der Waals surface area contributed by atoms with E-state index in [9.17, 15) is 18.3 Å². The summed E-state index contributed by atoms with van der Waals surface area (Å²) in [7, 11) is -3.77. The molecule has 0 bridgehead atoms. The number of rotatable bonds is 3. The Morgan fingerprint density at radius 1 is 1.16 bits per heavy atom. The number of fused-ring (bicyclic) bond motifs is 3. The number of hydrogen-bond acceptors (Lipinski definition) is 4. The number of nitrogens with one attached hydrogen (secondary N) is 1. The van der Waals surface area contributed by atoms with Crippen LogP contribution in [0.15, 0.2) is 59.5 Å². The number of anilines is 2. The molecule has 0 saturated carbocycles. The van der Waals surface area contributed by atoms with Crippen LogP contribution in [-0.2, 0) is 10.0 Å². The van der Waals surface area contributed by atoms with Gasteiger partial charge in [0.05, 0.1) is 10.9 Å². The lowest BCUT2D eigenvalue weighted by atomic mass is 9.77. The number of hydrogen-bond donors (Lipinski definition) is 3. The third-order valence-corrected chi connectivity index (χ3v) is 6.95. The Balaban J connectivity index is 1.68. The highest BCUT2D eigenvalue weighted by Gasteiger charge is 2.38. The van der Waals surface area contributed by atoms with Gasteiger partial charge in [-0.1, -0.05) is 24.3 Å². The zero-order valence-corrected chi connectivity index (χ0v) is 18.6. The highest BCUT2D eigenvalue weighted by Crippen LogP contribution is 2.50. The molecular formula is C23H27N3O4S. The molecule has 7 nitrogen and oxygen atoms in total. The van der Waals surface area contributed by atoms with Crippen LogP contribution in [0, 0.1) is 5.92 Å². The first-order chi connectivity index (χ1) is 14.5. The molecule has 3 atom stereocenters. The molecule has 2 aliphatic rings. The lowest BCUT2D eigenvalue weighted by Crippen LogP contribution is -2.45. The molecule has 0 spiro atoms. The molecule has 1 amide bonds. The number of primary sulfonamides is 1. The molecule has 1 aliphatic heterocycles. The van der Waals surface area contributed by atoms with E-state index in [4.69, 9.17) is 5.14 Å². The SMILES string of the molecule is CC(C)(C)N(C(=O)O)c1ccc([C@H]2Nc3ccc(S(N)(=O)=O)cc3[C@H]3C=CC[C@H]32)cc1. The van der Waals surface area contributed by atoms with E-state index < -0.39 is 21.7 Å². The first-order valence-electron chi connectivity index (χ1n) is 10.2. The first kappa shape index (κ1) is 21.4. The van der Waals surface area contributed by atoms with Crippen molar-refractivity contribution in [2.24, 2.45) is 11.1 Å². The van der Waals surface area contributed by atoms with Gasteiger partial charge in [0.2, 0.25) is 10.0 Å². The van der Waals surface area contributed by atoms with Crippen molar-refractivity contribution >= 4 is 27.5 Å². The quantitative estimate of drug-likeness (QED) is 0.610. The lowest BCUT2D eigenvalue weighted by molar-refractivity contribution is 0.195. The van der Waals surface area contributed by atoms with Crippen molar-refractivity contribution in [2.75, 3.05) is 10.2 Å². The summed E-state index contributed by atoms with van der Waals surface area (Å²) in [6.45, 7) is 5.58. The van der Waals surface area contributed by atoms with Crippen molar-refractivity contribution in [1.29, 1.82) is 0 Å². The summed E-state index contributed by atoms with van der Waals surface area (Å²) in [6.07, 6.45) is 4.13. The van der Waals surface area contributed by atoms with Crippen molar-refractivity contribution in [3.8, 4) is 0 Å². The second kappa shape index (κ2) is 7.39. The van der Waals surface area contributed by atoms with E-state index in [1.165, 1.54) is 11.0 Å². The van der Waals surface area contributed by atoms with Gasteiger partial charge in [-0.15, -0.1) is 0 Å². The van der Waals surface area contributed by atoms with Gasteiger partial charge in [0.25, 0.3) is 0 Å². The van der Waals surface area contributed by atoms with Crippen LogP contribution in [0.3, 0.4) is 0 Å². The van der Waals surface area contributed by atoms with Crippen LogP contribution in [0.25, 0.3) is 0 Å². The van der Waals surface area contributed by atoms with E-state index in [1.54, 1.807) is 12.1 Å². The maximum Gasteiger partial charge on any atom is 0.412 e. The van der Waals surface area contributed by atoms with Gasteiger partial charge < -0.3 is 10.4 Å². The number of carbonyl (C=O) groups is 1. The van der Waals surface area contributed by atoms with Gasteiger partial charge in [0.1, 0.15) is 0 Å². The molecule has 2 aromatic rings. The molecule has 2 aromatic carbocycles. The Hall–Kier alpha value is -2.84. The Morgan fingerprint density at radius 2 is 1.84 bits per heavy atom. The van der Waals surface area contributed by atoms with Crippen molar-refractivity contribution in [2.45, 2.75) is 49.6 Å². The van der Waals surface area contributed by atoms with Crippen LogP contribution in [0.2, 0.25) is 0 Å². The Labute approximate surface area is 182 Å². The van der Waals surface area contributed by atoms with Crippen LogP contribution in [0.4, 0.5) is 16.2 Å². The maximum absolute atomic E-state index is 11.8. The molecule has 1 heterocycles. The molecule has 0 saturated heterocycles. The molecule has 8 heteroatoms. The summed E-state index contributed by atoms with van der Waals surface area (Å²) in [5, 5.41) is 18.5. The molecule has 31 heavy (non-hydrogen) atoms. The van der Waals surface area contributed by atoms with Gasteiger partial charge >= 0.3 is 6.09 Å².